The Morgan fingerprint density at radius 1 is 1.29 bits per heavy atom. The number of hydrogen-bond donors (Lipinski definition) is 2. The van der Waals surface area contributed by atoms with Crippen LogP contribution < -0.4 is 10.1 Å². The van der Waals surface area contributed by atoms with Crippen molar-refractivity contribution in [3.63, 3.8) is 0 Å². The highest BCUT2D eigenvalue weighted by atomic mass is 16.5. The fraction of sp³-hybridized carbons (Fsp3) is 0.700. The molecule has 1 fully saturated rings. The molecular formula is C20H31NO3. The Morgan fingerprint density at radius 2 is 2.04 bits per heavy atom. The fourth-order valence-electron chi connectivity index (χ4n) is 3.50. The Bertz CT molecular complexity index is 582. The van der Waals surface area contributed by atoms with Crippen LogP contribution in [-0.4, -0.2) is 38.1 Å². The number of fused-ring (bicyclic) bond motifs is 1. The number of benzene rings is 1. The summed E-state index contributed by atoms with van der Waals surface area (Å²) in [5.41, 5.74) is 3.84. The van der Waals surface area contributed by atoms with Gasteiger partial charge in [0.15, 0.2) is 0 Å². The number of nitrogens with one attached hydrogen (secondary N) is 1. The summed E-state index contributed by atoms with van der Waals surface area (Å²) in [6.45, 7) is 11.9. The average Bonchev–Trinajstić information content (AvgIpc) is 2.68. The summed E-state index contributed by atoms with van der Waals surface area (Å²) in [7, 11) is 0. The zero-order chi connectivity index (χ0) is 17.4. The monoisotopic (exact) mass is 333 g/mol. The van der Waals surface area contributed by atoms with Crippen molar-refractivity contribution < 1.29 is 14.6 Å². The molecule has 3 rings (SSSR count). The molecule has 0 bridgehead atoms. The van der Waals surface area contributed by atoms with E-state index in [4.69, 9.17) is 9.47 Å². The van der Waals surface area contributed by atoms with E-state index in [2.05, 4.69) is 45.1 Å². The van der Waals surface area contributed by atoms with Crippen molar-refractivity contribution in [3.05, 3.63) is 28.8 Å². The van der Waals surface area contributed by atoms with Crippen LogP contribution in [0.2, 0.25) is 0 Å². The summed E-state index contributed by atoms with van der Waals surface area (Å²) in [5.74, 6) is 1.04. The minimum atomic E-state index is -0.107. The molecule has 4 nitrogen and oxygen atoms in total. The van der Waals surface area contributed by atoms with Crippen LogP contribution in [0.3, 0.4) is 0 Å². The van der Waals surface area contributed by atoms with Gasteiger partial charge in [-0.25, -0.2) is 0 Å². The first-order chi connectivity index (χ1) is 11.3. The van der Waals surface area contributed by atoms with Gasteiger partial charge in [-0.1, -0.05) is 26.8 Å². The van der Waals surface area contributed by atoms with Gasteiger partial charge in [0.1, 0.15) is 5.75 Å². The van der Waals surface area contributed by atoms with Gasteiger partial charge < -0.3 is 19.9 Å². The number of aliphatic hydroxyl groups is 1. The zero-order valence-corrected chi connectivity index (χ0v) is 15.4. The predicted octanol–water partition coefficient (Wildman–Crippen LogP) is 3.10. The molecule has 1 saturated heterocycles. The minimum absolute atomic E-state index is 0.107. The van der Waals surface area contributed by atoms with E-state index in [1.807, 2.05) is 0 Å². The van der Waals surface area contributed by atoms with Crippen molar-refractivity contribution in [1.29, 1.82) is 0 Å². The summed E-state index contributed by atoms with van der Waals surface area (Å²) >= 11 is 0. The standard InChI is InChI=1S/C20H31NO3/c1-14-8-15(19(2,3)4)9-16-17(6-5-7-24-18(14)16)21-10-20(11-22)12-23-13-20/h8-9,17,21-22H,5-7,10-13H2,1-4H3. The number of ether oxygens (including phenoxy) is 2. The smallest absolute Gasteiger partial charge is 0.126 e. The Kier molecular flexibility index (Phi) is 4.92. The second-order valence-corrected chi connectivity index (χ2v) is 8.54. The lowest BCUT2D eigenvalue weighted by Crippen LogP contribution is -2.52. The van der Waals surface area contributed by atoms with Gasteiger partial charge in [0.2, 0.25) is 0 Å². The van der Waals surface area contributed by atoms with Gasteiger partial charge in [0.05, 0.1) is 31.8 Å². The SMILES string of the molecule is Cc1cc(C(C)(C)C)cc2c1OCCCC2NCC1(CO)COC1. The molecule has 2 aliphatic rings. The lowest BCUT2D eigenvalue weighted by atomic mass is 9.83. The van der Waals surface area contributed by atoms with Crippen LogP contribution in [-0.2, 0) is 10.2 Å². The normalized spacial score (nSPS) is 23.0. The van der Waals surface area contributed by atoms with Crippen molar-refractivity contribution >= 4 is 0 Å². The molecule has 2 N–H and O–H groups in total. The molecule has 0 radical (unpaired) electrons. The molecule has 134 valence electrons. The van der Waals surface area contributed by atoms with Gasteiger partial charge >= 0.3 is 0 Å². The Hall–Kier alpha value is -1.10. The number of rotatable bonds is 4. The molecule has 1 aromatic carbocycles. The zero-order valence-electron chi connectivity index (χ0n) is 15.4. The third-order valence-electron chi connectivity index (χ3n) is 5.30. The highest BCUT2D eigenvalue weighted by Crippen LogP contribution is 2.38. The predicted molar refractivity (Wildman–Crippen MR) is 95.7 cm³/mol. The summed E-state index contributed by atoms with van der Waals surface area (Å²) in [4.78, 5) is 0. The average molecular weight is 333 g/mol. The maximum Gasteiger partial charge on any atom is 0.126 e. The van der Waals surface area contributed by atoms with Crippen molar-refractivity contribution in [2.24, 2.45) is 5.41 Å². The summed E-state index contributed by atoms with van der Waals surface area (Å²) < 4.78 is 11.4. The van der Waals surface area contributed by atoms with Crippen LogP contribution in [0.1, 0.15) is 56.3 Å². The van der Waals surface area contributed by atoms with Crippen LogP contribution >= 0.6 is 0 Å². The van der Waals surface area contributed by atoms with Gasteiger partial charge in [-0.3, -0.25) is 0 Å². The van der Waals surface area contributed by atoms with Crippen LogP contribution in [0.4, 0.5) is 0 Å². The lowest BCUT2D eigenvalue weighted by molar-refractivity contribution is -0.135. The molecule has 1 atom stereocenters. The van der Waals surface area contributed by atoms with Crippen LogP contribution in [0.25, 0.3) is 0 Å². The summed E-state index contributed by atoms with van der Waals surface area (Å²) in [6, 6.07) is 4.84. The van der Waals surface area contributed by atoms with Gasteiger partial charge in [0.25, 0.3) is 0 Å². The van der Waals surface area contributed by atoms with Crippen molar-refractivity contribution in [3.8, 4) is 5.75 Å². The van der Waals surface area contributed by atoms with E-state index in [1.54, 1.807) is 0 Å². The molecule has 0 aromatic heterocycles. The molecule has 4 heteroatoms. The van der Waals surface area contributed by atoms with Crippen molar-refractivity contribution in [2.75, 3.05) is 33.0 Å². The van der Waals surface area contributed by atoms with Gasteiger partial charge in [-0.05, 0) is 42.4 Å². The van der Waals surface area contributed by atoms with E-state index >= 15 is 0 Å². The van der Waals surface area contributed by atoms with Crippen LogP contribution in [0.15, 0.2) is 12.1 Å². The lowest BCUT2D eigenvalue weighted by Gasteiger charge is -2.41. The third kappa shape index (κ3) is 3.46. The minimum Gasteiger partial charge on any atom is -0.493 e. The molecule has 2 aliphatic heterocycles. The van der Waals surface area contributed by atoms with Crippen LogP contribution in [0, 0.1) is 12.3 Å². The first-order valence-electron chi connectivity index (χ1n) is 9.04. The maximum atomic E-state index is 9.67. The quantitative estimate of drug-likeness (QED) is 0.889. The molecule has 1 unspecified atom stereocenters. The second-order valence-electron chi connectivity index (χ2n) is 8.54. The van der Waals surface area contributed by atoms with E-state index in [0.717, 1.165) is 31.7 Å². The molecule has 1 aromatic rings. The Morgan fingerprint density at radius 3 is 2.62 bits per heavy atom. The third-order valence-corrected chi connectivity index (χ3v) is 5.30. The van der Waals surface area contributed by atoms with E-state index in [1.165, 1.54) is 16.7 Å². The molecule has 2 heterocycles. The van der Waals surface area contributed by atoms with Crippen molar-refractivity contribution in [2.45, 2.75) is 52.0 Å². The number of aliphatic hydroxyl groups excluding tert-OH is 1. The Labute approximate surface area is 145 Å². The fourth-order valence-corrected chi connectivity index (χ4v) is 3.50. The molecule has 0 amide bonds. The van der Waals surface area contributed by atoms with Gasteiger partial charge in [-0.15, -0.1) is 0 Å². The molecule has 0 saturated carbocycles. The molecule has 0 aliphatic carbocycles. The maximum absolute atomic E-state index is 9.67. The molecular weight excluding hydrogens is 302 g/mol. The van der Waals surface area contributed by atoms with Gasteiger partial charge in [0, 0.05) is 18.2 Å². The van der Waals surface area contributed by atoms with E-state index in [9.17, 15) is 5.11 Å². The Balaban J connectivity index is 1.88. The second kappa shape index (κ2) is 6.66. The number of aryl methyl sites for hydroxylation is 1. The van der Waals surface area contributed by atoms with E-state index in [-0.39, 0.29) is 23.5 Å². The first kappa shape index (κ1) is 17.7. The number of hydrogen-bond acceptors (Lipinski definition) is 4. The van der Waals surface area contributed by atoms with Crippen LogP contribution in [0.5, 0.6) is 5.75 Å². The topological polar surface area (TPSA) is 50.7 Å². The van der Waals surface area contributed by atoms with Crippen molar-refractivity contribution in [1.82, 2.24) is 5.32 Å². The highest BCUT2D eigenvalue weighted by Gasteiger charge is 2.38. The highest BCUT2D eigenvalue weighted by molar-refractivity contribution is 5.48. The van der Waals surface area contributed by atoms with E-state index in [0.29, 0.717) is 13.2 Å². The van der Waals surface area contributed by atoms with E-state index < -0.39 is 0 Å². The summed E-state index contributed by atoms with van der Waals surface area (Å²) in [6.07, 6.45) is 2.10. The van der Waals surface area contributed by atoms with Gasteiger partial charge in [-0.2, -0.15) is 0 Å². The molecule has 24 heavy (non-hydrogen) atoms. The molecule has 0 spiro atoms. The first-order valence-corrected chi connectivity index (χ1v) is 9.04. The largest absolute Gasteiger partial charge is 0.493 e. The summed E-state index contributed by atoms with van der Waals surface area (Å²) in [5, 5.41) is 13.4.